The second-order valence-electron chi connectivity index (χ2n) is 3.48. The number of nitrogen functional groups attached to an aromatic ring is 1. The van der Waals surface area contributed by atoms with Gasteiger partial charge in [0, 0.05) is 16.3 Å². The first-order valence-corrected chi connectivity index (χ1v) is 7.77. The predicted molar refractivity (Wildman–Crippen MR) is 69.4 cm³/mol. The van der Waals surface area contributed by atoms with E-state index in [0.717, 1.165) is 4.90 Å². The van der Waals surface area contributed by atoms with E-state index in [-0.39, 0.29) is 11.5 Å². The molecule has 0 saturated carbocycles. The van der Waals surface area contributed by atoms with Gasteiger partial charge in [-0.1, -0.05) is 6.07 Å². The van der Waals surface area contributed by atoms with E-state index in [4.69, 9.17) is 5.73 Å². The number of rotatable bonds is 7. The number of nitrogens with two attached hydrogens (primary N) is 1. The van der Waals surface area contributed by atoms with Crippen LogP contribution in [0.5, 0.6) is 0 Å². The molecule has 0 amide bonds. The molecule has 0 aromatic heterocycles. The molecule has 3 N–H and O–H groups in total. The fraction of sp³-hybridized carbons (Fsp3) is 0.400. The summed E-state index contributed by atoms with van der Waals surface area (Å²) in [5, 5.41) is 0. The number of thioether (sulfide) groups is 1. The largest absolute Gasteiger partial charge is 0.399 e. The minimum absolute atomic E-state index is 0.209. The molecule has 1 rings (SSSR count). The Morgan fingerprint density at radius 3 is 2.72 bits per heavy atom. The zero-order chi connectivity index (χ0) is 13.6. The first-order valence-electron chi connectivity index (χ1n) is 5.13. The number of halogens is 2. The standard InChI is InChI=1S/C10H14F2N2O2S2/c11-10(12)7-14-18(15,16)5-4-17-9-3-1-2-8(13)6-9/h1-3,6,10,14H,4-5,7,13H2. The highest BCUT2D eigenvalue weighted by Gasteiger charge is 2.13. The van der Waals surface area contributed by atoms with Crippen LogP contribution in [0.2, 0.25) is 0 Å². The Balaban J connectivity index is 2.37. The molecule has 0 atom stereocenters. The lowest BCUT2D eigenvalue weighted by Crippen LogP contribution is -2.31. The molecule has 0 spiro atoms. The van der Waals surface area contributed by atoms with Crippen molar-refractivity contribution in [3.8, 4) is 0 Å². The number of benzene rings is 1. The Kier molecular flexibility index (Phi) is 5.83. The third-order valence-electron chi connectivity index (χ3n) is 1.94. The van der Waals surface area contributed by atoms with E-state index < -0.39 is 23.0 Å². The fourth-order valence-electron chi connectivity index (χ4n) is 1.14. The van der Waals surface area contributed by atoms with Gasteiger partial charge in [0.2, 0.25) is 10.0 Å². The monoisotopic (exact) mass is 296 g/mol. The summed E-state index contributed by atoms with van der Waals surface area (Å²) in [6.45, 7) is -0.842. The second kappa shape index (κ2) is 6.91. The van der Waals surface area contributed by atoms with Gasteiger partial charge in [0.25, 0.3) is 6.43 Å². The lowest BCUT2D eigenvalue weighted by molar-refractivity contribution is 0.153. The number of sulfonamides is 1. The zero-order valence-electron chi connectivity index (χ0n) is 9.47. The maximum Gasteiger partial charge on any atom is 0.251 e. The van der Waals surface area contributed by atoms with E-state index in [2.05, 4.69) is 0 Å². The highest BCUT2D eigenvalue weighted by molar-refractivity contribution is 8.00. The molecule has 102 valence electrons. The van der Waals surface area contributed by atoms with E-state index >= 15 is 0 Å². The number of anilines is 1. The van der Waals surface area contributed by atoms with Crippen molar-refractivity contribution < 1.29 is 17.2 Å². The van der Waals surface area contributed by atoms with Crippen LogP contribution in [-0.2, 0) is 10.0 Å². The Bertz CT molecular complexity index is 481. The van der Waals surface area contributed by atoms with Gasteiger partial charge in [-0.2, -0.15) is 0 Å². The van der Waals surface area contributed by atoms with Crippen LogP contribution in [0.3, 0.4) is 0 Å². The molecule has 0 aliphatic heterocycles. The highest BCUT2D eigenvalue weighted by atomic mass is 32.2. The Hall–Kier alpha value is -0.860. The minimum atomic E-state index is -3.64. The van der Waals surface area contributed by atoms with Gasteiger partial charge >= 0.3 is 0 Å². The van der Waals surface area contributed by atoms with Crippen LogP contribution < -0.4 is 10.5 Å². The van der Waals surface area contributed by atoms with Crippen LogP contribution in [-0.4, -0.2) is 32.9 Å². The van der Waals surface area contributed by atoms with Crippen LogP contribution in [0.25, 0.3) is 0 Å². The van der Waals surface area contributed by atoms with Gasteiger partial charge in [0.05, 0.1) is 12.3 Å². The summed E-state index contributed by atoms with van der Waals surface area (Å²) in [5.74, 6) is 0.0706. The van der Waals surface area contributed by atoms with Crippen molar-refractivity contribution in [1.29, 1.82) is 0 Å². The Morgan fingerprint density at radius 2 is 2.11 bits per heavy atom. The number of hydrogen-bond acceptors (Lipinski definition) is 4. The third kappa shape index (κ3) is 6.18. The molecule has 1 aromatic carbocycles. The van der Waals surface area contributed by atoms with Crippen LogP contribution in [0.1, 0.15) is 0 Å². The van der Waals surface area contributed by atoms with E-state index in [9.17, 15) is 17.2 Å². The molecular weight excluding hydrogens is 282 g/mol. The van der Waals surface area contributed by atoms with Crippen molar-refractivity contribution in [3.63, 3.8) is 0 Å². The number of alkyl halides is 2. The molecule has 18 heavy (non-hydrogen) atoms. The molecule has 0 aliphatic rings. The fourth-order valence-corrected chi connectivity index (χ4v) is 3.50. The summed E-state index contributed by atoms with van der Waals surface area (Å²) in [5.41, 5.74) is 6.17. The Labute approximate surface area is 109 Å². The molecule has 4 nitrogen and oxygen atoms in total. The normalized spacial score (nSPS) is 11.9. The van der Waals surface area contributed by atoms with Gasteiger partial charge in [-0.15, -0.1) is 11.8 Å². The highest BCUT2D eigenvalue weighted by Crippen LogP contribution is 2.20. The maximum absolute atomic E-state index is 11.9. The molecule has 0 heterocycles. The summed E-state index contributed by atoms with van der Waals surface area (Å²) in [4.78, 5) is 0.846. The summed E-state index contributed by atoms with van der Waals surface area (Å²) in [7, 11) is -3.64. The van der Waals surface area contributed by atoms with E-state index in [0.29, 0.717) is 5.69 Å². The lowest BCUT2D eigenvalue weighted by Gasteiger charge is -2.06. The SMILES string of the molecule is Nc1cccc(SCCS(=O)(=O)NCC(F)F)c1. The van der Waals surface area contributed by atoms with Gasteiger partial charge < -0.3 is 5.73 Å². The topological polar surface area (TPSA) is 72.2 Å². The molecule has 8 heteroatoms. The van der Waals surface area contributed by atoms with Gasteiger partial charge in [-0.3, -0.25) is 0 Å². The molecule has 0 fully saturated rings. The lowest BCUT2D eigenvalue weighted by atomic mass is 10.3. The van der Waals surface area contributed by atoms with Crippen molar-refractivity contribution >= 4 is 27.5 Å². The molecular formula is C10H14F2N2O2S2. The first kappa shape index (κ1) is 15.2. The number of hydrogen-bond donors (Lipinski definition) is 2. The predicted octanol–water partition coefficient (Wildman–Crippen LogP) is 1.55. The quantitative estimate of drug-likeness (QED) is 0.591. The zero-order valence-corrected chi connectivity index (χ0v) is 11.1. The van der Waals surface area contributed by atoms with Crippen molar-refractivity contribution in [3.05, 3.63) is 24.3 Å². The molecule has 0 saturated heterocycles. The summed E-state index contributed by atoms with van der Waals surface area (Å²) < 4.78 is 48.2. The van der Waals surface area contributed by atoms with Crippen LogP contribution in [0.15, 0.2) is 29.2 Å². The summed E-state index contributed by atoms with van der Waals surface area (Å²) >= 11 is 1.31. The van der Waals surface area contributed by atoms with Crippen molar-refractivity contribution in [2.75, 3.05) is 23.8 Å². The number of nitrogens with one attached hydrogen (secondary N) is 1. The molecule has 1 aromatic rings. The minimum Gasteiger partial charge on any atom is -0.399 e. The van der Waals surface area contributed by atoms with Crippen LogP contribution in [0, 0.1) is 0 Å². The molecule has 0 bridgehead atoms. The average Bonchev–Trinajstić information content (AvgIpc) is 2.26. The van der Waals surface area contributed by atoms with E-state index in [1.807, 2.05) is 4.72 Å². The summed E-state index contributed by atoms with van der Waals surface area (Å²) in [6, 6.07) is 7.02. The molecule has 0 aliphatic carbocycles. The smallest absolute Gasteiger partial charge is 0.251 e. The average molecular weight is 296 g/mol. The Morgan fingerprint density at radius 1 is 1.39 bits per heavy atom. The van der Waals surface area contributed by atoms with E-state index in [1.165, 1.54) is 11.8 Å². The second-order valence-corrected chi connectivity index (χ2v) is 6.57. The van der Waals surface area contributed by atoms with Crippen LogP contribution >= 0.6 is 11.8 Å². The van der Waals surface area contributed by atoms with Gasteiger partial charge in [-0.25, -0.2) is 21.9 Å². The first-order chi connectivity index (χ1) is 8.39. The van der Waals surface area contributed by atoms with E-state index in [1.54, 1.807) is 24.3 Å². The molecule has 0 radical (unpaired) electrons. The third-order valence-corrected chi connectivity index (χ3v) is 4.54. The maximum atomic E-state index is 11.9. The molecule has 0 unspecified atom stereocenters. The van der Waals surface area contributed by atoms with Crippen molar-refractivity contribution in [1.82, 2.24) is 4.72 Å². The van der Waals surface area contributed by atoms with Gasteiger partial charge in [0.1, 0.15) is 0 Å². The van der Waals surface area contributed by atoms with Gasteiger partial charge in [0.15, 0.2) is 0 Å². The van der Waals surface area contributed by atoms with Gasteiger partial charge in [-0.05, 0) is 18.2 Å². The van der Waals surface area contributed by atoms with Crippen molar-refractivity contribution in [2.24, 2.45) is 0 Å². The van der Waals surface area contributed by atoms with Crippen molar-refractivity contribution in [2.45, 2.75) is 11.3 Å². The summed E-state index contributed by atoms with van der Waals surface area (Å²) in [6.07, 6.45) is -2.68. The van der Waals surface area contributed by atoms with Crippen LogP contribution in [0.4, 0.5) is 14.5 Å².